The van der Waals surface area contributed by atoms with Gasteiger partial charge in [-0.25, -0.2) is 0 Å². The highest BCUT2D eigenvalue weighted by Crippen LogP contribution is 2.28. The van der Waals surface area contributed by atoms with Crippen LogP contribution in [0.25, 0.3) is 10.6 Å². The minimum atomic E-state index is -0.788. The molecule has 0 bridgehead atoms. The molecule has 1 atom stereocenters. The van der Waals surface area contributed by atoms with E-state index in [1.807, 2.05) is 60.7 Å². The molecule has 1 unspecified atom stereocenters. The Morgan fingerprint density at radius 2 is 1.67 bits per heavy atom. The molecule has 2 N–H and O–H groups in total. The molecule has 166 valence electrons. The van der Waals surface area contributed by atoms with E-state index < -0.39 is 6.04 Å². The van der Waals surface area contributed by atoms with Crippen LogP contribution in [0.2, 0.25) is 0 Å². The molecule has 8 heteroatoms. The van der Waals surface area contributed by atoms with E-state index in [1.165, 1.54) is 11.3 Å². The second-order valence-electron chi connectivity index (χ2n) is 7.22. The molecule has 0 radical (unpaired) electrons. The van der Waals surface area contributed by atoms with Crippen molar-refractivity contribution in [1.29, 1.82) is 0 Å². The summed E-state index contributed by atoms with van der Waals surface area (Å²) in [5.74, 6) is 0.0253. The molecule has 0 spiro atoms. The van der Waals surface area contributed by atoms with Gasteiger partial charge in [-0.15, -0.1) is 10.2 Å². The topological polar surface area (TPSA) is 93.2 Å². The summed E-state index contributed by atoms with van der Waals surface area (Å²) in [6.07, 6.45) is 0.340. The predicted molar refractivity (Wildman–Crippen MR) is 128 cm³/mol. The first-order valence-corrected chi connectivity index (χ1v) is 11.1. The molecule has 0 aliphatic carbocycles. The van der Waals surface area contributed by atoms with Gasteiger partial charge in [-0.05, 0) is 29.8 Å². The third kappa shape index (κ3) is 5.81. The van der Waals surface area contributed by atoms with Gasteiger partial charge in [0.25, 0.3) is 5.91 Å². The van der Waals surface area contributed by atoms with Gasteiger partial charge in [0, 0.05) is 17.5 Å². The number of ether oxygens (including phenoxy) is 1. The predicted octanol–water partition coefficient (Wildman–Crippen LogP) is 4.19. The number of hydrogen-bond acceptors (Lipinski definition) is 6. The summed E-state index contributed by atoms with van der Waals surface area (Å²) in [5, 5.41) is 14.9. The van der Waals surface area contributed by atoms with E-state index >= 15 is 0 Å². The van der Waals surface area contributed by atoms with Gasteiger partial charge in [0.15, 0.2) is 0 Å². The molecular formula is C25H22N4O3S. The highest BCUT2D eigenvalue weighted by molar-refractivity contribution is 7.18. The van der Waals surface area contributed by atoms with Crippen LogP contribution in [-0.2, 0) is 11.2 Å². The molecule has 3 aromatic carbocycles. The Kier molecular flexibility index (Phi) is 7.06. The quantitative estimate of drug-likeness (QED) is 0.413. The fraction of sp³-hybridized carbons (Fsp3) is 0.120. The van der Waals surface area contributed by atoms with E-state index in [9.17, 15) is 9.59 Å². The fourth-order valence-electron chi connectivity index (χ4n) is 3.23. The van der Waals surface area contributed by atoms with Crippen LogP contribution in [0, 0.1) is 0 Å². The van der Waals surface area contributed by atoms with E-state index in [0.29, 0.717) is 27.9 Å². The SMILES string of the molecule is COc1cccc(-c2nnc(NC(=O)C(Cc3ccccc3)NC(=O)c3ccccc3)s2)c1. The van der Waals surface area contributed by atoms with Crippen molar-refractivity contribution in [2.24, 2.45) is 0 Å². The van der Waals surface area contributed by atoms with E-state index in [-0.39, 0.29) is 11.8 Å². The summed E-state index contributed by atoms with van der Waals surface area (Å²) in [4.78, 5) is 25.8. The molecule has 0 saturated heterocycles. The fourth-order valence-corrected chi connectivity index (χ4v) is 3.97. The number of hydrogen-bond donors (Lipinski definition) is 2. The minimum absolute atomic E-state index is 0.319. The lowest BCUT2D eigenvalue weighted by atomic mass is 10.0. The van der Waals surface area contributed by atoms with Crippen LogP contribution in [0.5, 0.6) is 5.75 Å². The number of nitrogens with zero attached hydrogens (tertiary/aromatic N) is 2. The molecule has 1 heterocycles. The summed E-state index contributed by atoms with van der Waals surface area (Å²) in [7, 11) is 1.60. The van der Waals surface area contributed by atoms with Crippen LogP contribution in [0.1, 0.15) is 15.9 Å². The van der Waals surface area contributed by atoms with Crippen LogP contribution >= 0.6 is 11.3 Å². The molecule has 4 aromatic rings. The van der Waals surface area contributed by atoms with Crippen molar-refractivity contribution in [3.8, 4) is 16.3 Å². The lowest BCUT2D eigenvalue weighted by Gasteiger charge is -2.18. The van der Waals surface area contributed by atoms with Crippen molar-refractivity contribution in [3.05, 3.63) is 96.1 Å². The van der Waals surface area contributed by atoms with Gasteiger partial charge in [-0.3, -0.25) is 14.9 Å². The van der Waals surface area contributed by atoms with Gasteiger partial charge in [0.2, 0.25) is 11.0 Å². The normalized spacial score (nSPS) is 11.4. The number of amides is 2. The zero-order chi connectivity index (χ0) is 23.0. The largest absolute Gasteiger partial charge is 0.497 e. The van der Waals surface area contributed by atoms with E-state index in [1.54, 1.807) is 31.4 Å². The first-order valence-electron chi connectivity index (χ1n) is 10.3. The average molecular weight is 459 g/mol. The first kappa shape index (κ1) is 22.2. The summed E-state index contributed by atoms with van der Waals surface area (Å²) < 4.78 is 5.26. The Bertz CT molecular complexity index is 1230. The summed E-state index contributed by atoms with van der Waals surface area (Å²) in [6, 6.07) is 25.0. The lowest BCUT2D eigenvalue weighted by molar-refractivity contribution is -0.118. The molecule has 1 aromatic heterocycles. The van der Waals surface area contributed by atoms with Crippen LogP contribution < -0.4 is 15.4 Å². The van der Waals surface area contributed by atoms with Crippen molar-refractivity contribution >= 4 is 28.3 Å². The molecule has 0 aliphatic rings. The van der Waals surface area contributed by atoms with Crippen LogP contribution in [0.4, 0.5) is 5.13 Å². The molecule has 33 heavy (non-hydrogen) atoms. The van der Waals surface area contributed by atoms with E-state index in [2.05, 4.69) is 20.8 Å². The molecule has 0 aliphatic heterocycles. The number of carbonyl (C=O) groups excluding carboxylic acids is 2. The van der Waals surface area contributed by atoms with Crippen molar-refractivity contribution in [1.82, 2.24) is 15.5 Å². The number of nitrogens with one attached hydrogen (secondary N) is 2. The van der Waals surface area contributed by atoms with Gasteiger partial charge in [0.1, 0.15) is 16.8 Å². The van der Waals surface area contributed by atoms with Crippen LogP contribution in [0.3, 0.4) is 0 Å². The summed E-state index contributed by atoms with van der Waals surface area (Å²) >= 11 is 1.25. The van der Waals surface area contributed by atoms with Gasteiger partial charge >= 0.3 is 0 Å². The van der Waals surface area contributed by atoms with Gasteiger partial charge in [0.05, 0.1) is 7.11 Å². The third-order valence-electron chi connectivity index (χ3n) is 4.91. The molecular weight excluding hydrogens is 436 g/mol. The smallest absolute Gasteiger partial charge is 0.251 e. The Morgan fingerprint density at radius 1 is 0.939 bits per heavy atom. The Balaban J connectivity index is 1.51. The van der Waals surface area contributed by atoms with Crippen molar-refractivity contribution in [2.45, 2.75) is 12.5 Å². The summed E-state index contributed by atoms with van der Waals surface area (Å²) in [5.41, 5.74) is 2.26. The van der Waals surface area contributed by atoms with E-state index in [4.69, 9.17) is 4.74 Å². The molecule has 4 rings (SSSR count). The molecule has 7 nitrogen and oxygen atoms in total. The van der Waals surface area contributed by atoms with Gasteiger partial charge in [-0.2, -0.15) is 0 Å². The van der Waals surface area contributed by atoms with Gasteiger partial charge < -0.3 is 10.1 Å². The lowest BCUT2D eigenvalue weighted by Crippen LogP contribution is -2.45. The Hall–Kier alpha value is -4.04. The molecule has 0 fully saturated rings. The number of anilines is 1. The summed E-state index contributed by atoms with van der Waals surface area (Å²) in [6.45, 7) is 0. The number of benzene rings is 3. The highest BCUT2D eigenvalue weighted by atomic mass is 32.1. The minimum Gasteiger partial charge on any atom is -0.497 e. The molecule has 0 saturated carbocycles. The Labute approximate surface area is 195 Å². The highest BCUT2D eigenvalue weighted by Gasteiger charge is 2.23. The number of aromatic nitrogens is 2. The average Bonchev–Trinajstić information content (AvgIpc) is 3.33. The van der Waals surface area contributed by atoms with Gasteiger partial charge in [-0.1, -0.05) is 72.0 Å². The van der Waals surface area contributed by atoms with Crippen molar-refractivity contribution in [2.75, 3.05) is 12.4 Å². The van der Waals surface area contributed by atoms with Crippen LogP contribution in [-0.4, -0.2) is 35.2 Å². The monoisotopic (exact) mass is 458 g/mol. The van der Waals surface area contributed by atoms with E-state index in [0.717, 1.165) is 11.1 Å². The maximum Gasteiger partial charge on any atom is 0.251 e. The second kappa shape index (κ2) is 10.5. The van der Waals surface area contributed by atoms with Crippen molar-refractivity contribution in [3.63, 3.8) is 0 Å². The maximum atomic E-state index is 13.1. The van der Waals surface area contributed by atoms with Crippen molar-refractivity contribution < 1.29 is 14.3 Å². The van der Waals surface area contributed by atoms with Crippen LogP contribution in [0.15, 0.2) is 84.9 Å². The number of rotatable bonds is 8. The first-order chi connectivity index (χ1) is 16.1. The maximum absolute atomic E-state index is 13.1. The number of carbonyl (C=O) groups is 2. The Morgan fingerprint density at radius 3 is 2.39 bits per heavy atom. The standard InChI is InChI=1S/C25H22N4O3S/c1-32-20-14-8-13-19(16-20)24-28-29-25(33-24)27-23(31)21(15-17-9-4-2-5-10-17)26-22(30)18-11-6-3-7-12-18/h2-14,16,21H,15H2,1H3,(H,26,30)(H,27,29,31). The third-order valence-corrected chi connectivity index (χ3v) is 5.80. The number of methoxy groups -OCH3 is 1. The zero-order valence-corrected chi connectivity index (χ0v) is 18.7. The molecule has 2 amide bonds. The second-order valence-corrected chi connectivity index (χ2v) is 8.19. The zero-order valence-electron chi connectivity index (χ0n) is 17.9.